The van der Waals surface area contributed by atoms with Gasteiger partial charge in [0.15, 0.2) is 5.82 Å². The number of nitrogens with two attached hydrogens (primary N) is 1. The molecule has 1 unspecified atom stereocenters. The van der Waals surface area contributed by atoms with Crippen molar-refractivity contribution in [3.63, 3.8) is 0 Å². The normalized spacial score (nSPS) is 12.6. The lowest BCUT2D eigenvalue weighted by molar-refractivity contribution is 0.536. The summed E-state index contributed by atoms with van der Waals surface area (Å²) in [4.78, 5) is 1.44. The first-order valence-corrected chi connectivity index (χ1v) is 5.44. The second-order valence-corrected chi connectivity index (χ2v) is 4.03. The number of hydrazine groups is 1. The van der Waals surface area contributed by atoms with E-state index in [2.05, 4.69) is 52.0 Å². The van der Waals surface area contributed by atoms with Gasteiger partial charge in [-0.2, -0.15) is 4.80 Å². The number of rotatable bonds is 4. The Kier molecular flexibility index (Phi) is 3.46. The Hall–Kier alpha value is -1.79. The maximum absolute atomic E-state index is 5.56. The van der Waals surface area contributed by atoms with E-state index in [1.165, 1.54) is 10.4 Å². The summed E-state index contributed by atoms with van der Waals surface area (Å²) >= 11 is 0. The average molecular weight is 232 g/mol. The third-order valence-electron chi connectivity index (χ3n) is 2.62. The summed E-state index contributed by atoms with van der Waals surface area (Å²) in [5.41, 5.74) is 5.12. The maximum Gasteiger partial charge on any atom is 0.176 e. The van der Waals surface area contributed by atoms with Gasteiger partial charge in [0.2, 0.25) is 0 Å². The minimum Gasteiger partial charge on any atom is -0.271 e. The molecule has 0 bridgehead atoms. The molecular weight excluding hydrogens is 216 g/mol. The molecule has 2 rings (SSSR count). The Bertz CT molecular complexity index is 475. The highest BCUT2D eigenvalue weighted by atomic mass is 15.6. The molecular formula is C11H16N6. The van der Waals surface area contributed by atoms with Crippen molar-refractivity contribution in [3.8, 4) is 0 Å². The number of tetrazole rings is 1. The number of hydrogen-bond acceptors (Lipinski definition) is 5. The monoisotopic (exact) mass is 232 g/mol. The molecule has 0 saturated carbocycles. The zero-order valence-electron chi connectivity index (χ0n) is 9.96. The van der Waals surface area contributed by atoms with Gasteiger partial charge >= 0.3 is 0 Å². The molecule has 1 atom stereocenters. The van der Waals surface area contributed by atoms with Crippen molar-refractivity contribution < 1.29 is 0 Å². The van der Waals surface area contributed by atoms with Gasteiger partial charge in [0, 0.05) is 6.42 Å². The van der Waals surface area contributed by atoms with E-state index in [9.17, 15) is 0 Å². The highest BCUT2D eigenvalue weighted by Gasteiger charge is 2.13. The van der Waals surface area contributed by atoms with Crippen molar-refractivity contribution in [2.24, 2.45) is 12.9 Å². The SMILES string of the molecule is Cc1ccc(C(Cc2nnn(C)n2)NN)cc1. The highest BCUT2D eigenvalue weighted by molar-refractivity contribution is 5.24. The molecule has 6 heteroatoms. The first-order valence-electron chi connectivity index (χ1n) is 5.44. The van der Waals surface area contributed by atoms with Crippen LogP contribution >= 0.6 is 0 Å². The van der Waals surface area contributed by atoms with Crippen LogP contribution in [0.25, 0.3) is 0 Å². The van der Waals surface area contributed by atoms with Gasteiger partial charge in [0.25, 0.3) is 0 Å². The van der Waals surface area contributed by atoms with Crippen LogP contribution in [0.15, 0.2) is 24.3 Å². The van der Waals surface area contributed by atoms with Gasteiger partial charge in [0.1, 0.15) is 0 Å². The van der Waals surface area contributed by atoms with Crippen molar-refractivity contribution >= 4 is 0 Å². The fraction of sp³-hybridized carbons (Fsp3) is 0.364. The summed E-state index contributed by atoms with van der Waals surface area (Å²) in [5.74, 6) is 6.24. The molecule has 0 amide bonds. The molecule has 90 valence electrons. The first-order chi connectivity index (χ1) is 8.19. The molecule has 1 heterocycles. The van der Waals surface area contributed by atoms with Crippen molar-refractivity contribution in [2.45, 2.75) is 19.4 Å². The Morgan fingerprint density at radius 1 is 1.35 bits per heavy atom. The first kappa shape index (κ1) is 11.7. The molecule has 0 saturated heterocycles. The standard InChI is InChI=1S/C11H16N6/c1-8-3-5-9(6-4-8)10(13-12)7-11-14-16-17(2)15-11/h3-6,10,13H,7,12H2,1-2H3. The number of aromatic nitrogens is 4. The van der Waals surface area contributed by atoms with E-state index in [4.69, 9.17) is 5.84 Å². The highest BCUT2D eigenvalue weighted by Crippen LogP contribution is 2.16. The summed E-state index contributed by atoms with van der Waals surface area (Å²) < 4.78 is 0. The molecule has 17 heavy (non-hydrogen) atoms. The molecule has 0 fully saturated rings. The summed E-state index contributed by atoms with van der Waals surface area (Å²) in [6.45, 7) is 2.05. The van der Waals surface area contributed by atoms with E-state index >= 15 is 0 Å². The van der Waals surface area contributed by atoms with Crippen LogP contribution in [0.4, 0.5) is 0 Å². The fourth-order valence-corrected chi connectivity index (χ4v) is 1.66. The van der Waals surface area contributed by atoms with Crippen molar-refractivity contribution in [1.82, 2.24) is 25.6 Å². The number of nitrogens with zero attached hydrogens (tertiary/aromatic N) is 4. The van der Waals surface area contributed by atoms with Gasteiger partial charge < -0.3 is 0 Å². The van der Waals surface area contributed by atoms with Gasteiger partial charge in [-0.25, -0.2) is 0 Å². The van der Waals surface area contributed by atoms with Crippen LogP contribution in [0.1, 0.15) is 23.0 Å². The lowest BCUT2D eigenvalue weighted by Gasteiger charge is -2.14. The molecule has 3 N–H and O–H groups in total. The largest absolute Gasteiger partial charge is 0.271 e. The van der Waals surface area contributed by atoms with E-state index in [1.54, 1.807) is 7.05 Å². The Morgan fingerprint density at radius 2 is 2.06 bits per heavy atom. The molecule has 1 aromatic heterocycles. The topological polar surface area (TPSA) is 81.7 Å². The zero-order chi connectivity index (χ0) is 12.3. The second kappa shape index (κ2) is 5.03. The molecule has 0 aliphatic carbocycles. The molecule has 2 aromatic rings. The van der Waals surface area contributed by atoms with Gasteiger partial charge in [-0.05, 0) is 17.7 Å². The van der Waals surface area contributed by atoms with Crippen LogP contribution in [0, 0.1) is 6.92 Å². The van der Waals surface area contributed by atoms with E-state index in [0.717, 1.165) is 5.56 Å². The lowest BCUT2D eigenvalue weighted by atomic mass is 10.0. The predicted molar refractivity (Wildman–Crippen MR) is 63.7 cm³/mol. The summed E-state index contributed by atoms with van der Waals surface area (Å²) in [6, 6.07) is 8.22. The maximum atomic E-state index is 5.56. The van der Waals surface area contributed by atoms with Gasteiger partial charge in [0.05, 0.1) is 13.1 Å². The molecule has 6 nitrogen and oxygen atoms in total. The summed E-state index contributed by atoms with van der Waals surface area (Å²) in [7, 11) is 1.74. The van der Waals surface area contributed by atoms with Crippen LogP contribution in [-0.2, 0) is 13.5 Å². The lowest BCUT2D eigenvalue weighted by Crippen LogP contribution is -2.29. The Labute approximate surface area is 99.8 Å². The zero-order valence-corrected chi connectivity index (χ0v) is 9.96. The number of hydrogen-bond donors (Lipinski definition) is 2. The van der Waals surface area contributed by atoms with Gasteiger partial charge in [-0.15, -0.1) is 10.2 Å². The predicted octanol–water partition coefficient (Wildman–Crippen LogP) is 0.266. The van der Waals surface area contributed by atoms with E-state index < -0.39 is 0 Å². The van der Waals surface area contributed by atoms with Gasteiger partial charge in [-0.3, -0.25) is 11.3 Å². The smallest absolute Gasteiger partial charge is 0.176 e. The quantitative estimate of drug-likeness (QED) is 0.584. The third-order valence-corrected chi connectivity index (χ3v) is 2.62. The number of aryl methyl sites for hydroxylation is 2. The number of benzene rings is 1. The van der Waals surface area contributed by atoms with Crippen LogP contribution in [0.3, 0.4) is 0 Å². The molecule has 1 aromatic carbocycles. The van der Waals surface area contributed by atoms with Crippen molar-refractivity contribution in [2.75, 3.05) is 0 Å². The van der Waals surface area contributed by atoms with Crippen LogP contribution in [0.5, 0.6) is 0 Å². The minimum atomic E-state index is -0.000185. The fourth-order valence-electron chi connectivity index (χ4n) is 1.66. The van der Waals surface area contributed by atoms with E-state index in [-0.39, 0.29) is 6.04 Å². The molecule has 0 aliphatic rings. The van der Waals surface area contributed by atoms with Crippen LogP contribution < -0.4 is 11.3 Å². The molecule has 0 spiro atoms. The minimum absolute atomic E-state index is 0.000185. The van der Waals surface area contributed by atoms with Crippen molar-refractivity contribution in [3.05, 3.63) is 41.2 Å². The molecule has 0 aliphatic heterocycles. The van der Waals surface area contributed by atoms with Gasteiger partial charge in [-0.1, -0.05) is 29.8 Å². The average Bonchev–Trinajstić information content (AvgIpc) is 2.73. The van der Waals surface area contributed by atoms with E-state index in [1.807, 2.05) is 0 Å². The van der Waals surface area contributed by atoms with E-state index in [0.29, 0.717) is 12.2 Å². The van der Waals surface area contributed by atoms with Crippen LogP contribution in [-0.4, -0.2) is 20.2 Å². The Balaban J connectivity index is 2.13. The van der Waals surface area contributed by atoms with Crippen LogP contribution in [0.2, 0.25) is 0 Å². The molecule has 0 radical (unpaired) electrons. The Morgan fingerprint density at radius 3 is 2.59 bits per heavy atom. The number of nitrogens with one attached hydrogen (secondary N) is 1. The summed E-state index contributed by atoms with van der Waals surface area (Å²) in [6.07, 6.45) is 0.618. The van der Waals surface area contributed by atoms with Crippen molar-refractivity contribution in [1.29, 1.82) is 0 Å². The third kappa shape index (κ3) is 2.86. The summed E-state index contributed by atoms with van der Waals surface area (Å²) in [5, 5.41) is 11.9. The second-order valence-electron chi connectivity index (χ2n) is 4.03.